The molecule has 25 heteroatoms. The Bertz CT molecular complexity index is 1210. The molecule has 0 aliphatic carbocycles. The average molecular weight is 811 g/mol. The van der Waals surface area contributed by atoms with Gasteiger partial charge in [0.2, 0.25) is 0 Å². The number of ether oxygens (including phenoxy) is 11. The fourth-order valence-corrected chi connectivity index (χ4v) is 6.99. The van der Waals surface area contributed by atoms with Crippen LogP contribution in [0.4, 0.5) is 0 Å². The Balaban J connectivity index is 1.26. The van der Waals surface area contributed by atoms with Crippen LogP contribution in [0.5, 0.6) is 0 Å². The molecule has 14 N–H and O–H groups in total. The Kier molecular flexibility index (Phi) is 14.7. The molecule has 320 valence electrons. The van der Waals surface area contributed by atoms with Crippen LogP contribution in [0, 0.1) is 0 Å². The van der Waals surface area contributed by atoms with Crippen LogP contribution < -0.4 is 0 Å². The van der Waals surface area contributed by atoms with Gasteiger partial charge in [0, 0.05) is 0 Å². The van der Waals surface area contributed by atoms with E-state index in [0.29, 0.717) is 0 Å². The van der Waals surface area contributed by atoms with Crippen LogP contribution in [0.25, 0.3) is 0 Å². The second-order valence-electron chi connectivity index (χ2n) is 13.9. The third kappa shape index (κ3) is 8.97. The quantitative estimate of drug-likeness (QED) is 0.0821. The summed E-state index contributed by atoms with van der Waals surface area (Å²) in [5, 5.41) is 144. The molecule has 24 atom stereocenters. The first-order chi connectivity index (χ1) is 26.2. The summed E-state index contributed by atoms with van der Waals surface area (Å²) < 4.78 is 62.2. The van der Waals surface area contributed by atoms with Gasteiger partial charge in [-0.2, -0.15) is 0 Å². The standard InChI is InChI=1S/C30H50O25/c31-1-8-13(35)18(40)27(48-8)53-22-7(34)4-46-30(24(22)55-29-20(42)15(37)10(3-33)50-29)52-12-6-47-26(51-11-5-45-25(44)17(39)16(11)38)21(43)23(12)54-28-19(41)14(36)9(2-32)49-28/h7-44H,1-6H2. The van der Waals surface area contributed by atoms with Crippen molar-refractivity contribution in [2.45, 2.75) is 148 Å². The Hall–Kier alpha value is -1.00. The van der Waals surface area contributed by atoms with Crippen LogP contribution in [0.2, 0.25) is 0 Å². The molecule has 6 aliphatic heterocycles. The number of hydrogen-bond acceptors (Lipinski definition) is 25. The van der Waals surface area contributed by atoms with Crippen LogP contribution >= 0.6 is 0 Å². The van der Waals surface area contributed by atoms with Crippen molar-refractivity contribution < 1.29 is 124 Å². The minimum atomic E-state index is -1.92. The van der Waals surface area contributed by atoms with E-state index in [-0.39, 0.29) is 0 Å². The van der Waals surface area contributed by atoms with Gasteiger partial charge in [0.15, 0.2) is 37.7 Å². The van der Waals surface area contributed by atoms with Crippen LogP contribution in [-0.4, -0.2) is 259 Å². The van der Waals surface area contributed by atoms with Crippen molar-refractivity contribution in [1.29, 1.82) is 0 Å². The molecule has 6 fully saturated rings. The topological polar surface area (TPSA) is 385 Å². The summed E-state index contributed by atoms with van der Waals surface area (Å²) in [6.45, 7) is -3.79. The van der Waals surface area contributed by atoms with Gasteiger partial charge in [0.1, 0.15) is 110 Å². The highest BCUT2D eigenvalue weighted by Gasteiger charge is 2.56. The molecule has 0 aromatic heterocycles. The highest BCUT2D eigenvalue weighted by atomic mass is 16.8. The van der Waals surface area contributed by atoms with E-state index in [4.69, 9.17) is 52.1 Å². The van der Waals surface area contributed by atoms with E-state index in [1.165, 1.54) is 0 Å². The molecular weight excluding hydrogens is 760 g/mol. The van der Waals surface area contributed by atoms with E-state index in [1.807, 2.05) is 0 Å². The van der Waals surface area contributed by atoms with Crippen LogP contribution in [0.3, 0.4) is 0 Å². The molecule has 6 aliphatic rings. The van der Waals surface area contributed by atoms with E-state index >= 15 is 0 Å². The molecule has 0 amide bonds. The van der Waals surface area contributed by atoms with Crippen molar-refractivity contribution in [3.63, 3.8) is 0 Å². The lowest BCUT2D eigenvalue weighted by atomic mass is 10.0. The van der Waals surface area contributed by atoms with Gasteiger partial charge in [-0.1, -0.05) is 0 Å². The fourth-order valence-electron chi connectivity index (χ4n) is 6.99. The third-order valence-electron chi connectivity index (χ3n) is 10.3. The van der Waals surface area contributed by atoms with E-state index in [0.717, 1.165) is 0 Å². The molecule has 25 nitrogen and oxygen atoms in total. The molecule has 6 heterocycles. The molecule has 0 radical (unpaired) electrons. The second-order valence-corrected chi connectivity index (χ2v) is 13.9. The molecule has 55 heavy (non-hydrogen) atoms. The van der Waals surface area contributed by atoms with Crippen molar-refractivity contribution in [2.24, 2.45) is 0 Å². The van der Waals surface area contributed by atoms with Gasteiger partial charge in [0.05, 0.1) is 39.6 Å². The summed E-state index contributed by atoms with van der Waals surface area (Å²) >= 11 is 0. The number of aliphatic hydroxyl groups is 14. The van der Waals surface area contributed by atoms with Gasteiger partial charge in [-0.15, -0.1) is 0 Å². The summed E-state index contributed by atoms with van der Waals surface area (Å²) in [5.74, 6) is 0. The summed E-state index contributed by atoms with van der Waals surface area (Å²) in [7, 11) is 0. The van der Waals surface area contributed by atoms with Crippen molar-refractivity contribution in [3.8, 4) is 0 Å². The maximum atomic E-state index is 11.5. The van der Waals surface area contributed by atoms with Gasteiger partial charge in [-0.25, -0.2) is 0 Å². The normalized spacial score (nSPS) is 53.6. The number of rotatable bonds is 13. The zero-order valence-corrected chi connectivity index (χ0v) is 28.9. The van der Waals surface area contributed by atoms with Crippen molar-refractivity contribution in [1.82, 2.24) is 0 Å². The van der Waals surface area contributed by atoms with Gasteiger partial charge < -0.3 is 124 Å². The Labute approximate surface area is 311 Å². The minimum Gasteiger partial charge on any atom is -0.394 e. The Morgan fingerprint density at radius 1 is 0.364 bits per heavy atom. The molecule has 0 spiro atoms. The zero-order chi connectivity index (χ0) is 39.9. The number of hydrogen-bond donors (Lipinski definition) is 14. The molecule has 0 saturated carbocycles. The van der Waals surface area contributed by atoms with E-state index in [9.17, 15) is 71.5 Å². The monoisotopic (exact) mass is 810 g/mol. The smallest absolute Gasteiger partial charge is 0.187 e. The molecule has 0 bridgehead atoms. The second kappa shape index (κ2) is 18.5. The lowest BCUT2D eigenvalue weighted by Gasteiger charge is -2.46. The summed E-state index contributed by atoms with van der Waals surface area (Å²) in [4.78, 5) is 0. The summed E-state index contributed by atoms with van der Waals surface area (Å²) in [6.07, 6.45) is -39.3. The predicted octanol–water partition coefficient (Wildman–Crippen LogP) is -10.3. The van der Waals surface area contributed by atoms with E-state index in [1.54, 1.807) is 0 Å². The highest BCUT2D eigenvalue weighted by Crippen LogP contribution is 2.36. The first-order valence-electron chi connectivity index (χ1n) is 17.6. The lowest BCUT2D eigenvalue weighted by Crippen LogP contribution is -2.64. The highest BCUT2D eigenvalue weighted by molar-refractivity contribution is 4.96. The molecule has 6 rings (SSSR count). The van der Waals surface area contributed by atoms with Crippen molar-refractivity contribution in [2.75, 3.05) is 39.6 Å². The predicted molar refractivity (Wildman–Crippen MR) is 163 cm³/mol. The van der Waals surface area contributed by atoms with Gasteiger partial charge >= 0.3 is 0 Å². The molecule has 6 saturated heterocycles. The molecule has 0 aromatic carbocycles. The van der Waals surface area contributed by atoms with Gasteiger partial charge in [-0.3, -0.25) is 0 Å². The Morgan fingerprint density at radius 2 is 0.800 bits per heavy atom. The lowest BCUT2D eigenvalue weighted by molar-refractivity contribution is -0.377. The molecule has 24 unspecified atom stereocenters. The maximum Gasteiger partial charge on any atom is 0.187 e. The Morgan fingerprint density at radius 3 is 1.29 bits per heavy atom. The fraction of sp³-hybridized carbons (Fsp3) is 1.00. The minimum absolute atomic E-state index is 0.457. The molecular formula is C30H50O25. The van der Waals surface area contributed by atoms with Gasteiger partial charge in [0.25, 0.3) is 0 Å². The van der Waals surface area contributed by atoms with Crippen LogP contribution in [0.1, 0.15) is 0 Å². The summed E-state index contributed by atoms with van der Waals surface area (Å²) in [5.41, 5.74) is 0. The van der Waals surface area contributed by atoms with Crippen molar-refractivity contribution in [3.05, 3.63) is 0 Å². The third-order valence-corrected chi connectivity index (χ3v) is 10.3. The first kappa shape index (κ1) is 43.6. The average Bonchev–Trinajstić information content (AvgIpc) is 3.72. The van der Waals surface area contributed by atoms with Crippen molar-refractivity contribution >= 4 is 0 Å². The molecule has 0 aromatic rings. The first-order valence-corrected chi connectivity index (χ1v) is 17.6. The SMILES string of the molecule is OCC1OC(OC2C(OC3OCC(O)C(OC4OC(CO)C(O)C4O)C3OC3OC(CO)C(O)C3O)COC(OC3COC(O)C(O)C3O)C2O)C(O)C1O. The van der Waals surface area contributed by atoms with Gasteiger partial charge in [-0.05, 0) is 0 Å². The van der Waals surface area contributed by atoms with Crippen LogP contribution in [-0.2, 0) is 52.1 Å². The zero-order valence-electron chi connectivity index (χ0n) is 28.9. The largest absolute Gasteiger partial charge is 0.394 e. The van der Waals surface area contributed by atoms with E-state index in [2.05, 4.69) is 0 Å². The number of aliphatic hydroxyl groups excluding tert-OH is 14. The summed E-state index contributed by atoms with van der Waals surface area (Å²) in [6, 6.07) is 0. The van der Waals surface area contributed by atoms with E-state index < -0.39 is 187 Å². The van der Waals surface area contributed by atoms with Crippen LogP contribution in [0.15, 0.2) is 0 Å². The maximum absolute atomic E-state index is 11.5.